The molecular formula is C32H53F3O5. The molecule has 40 heavy (non-hydrogen) atoms. The third kappa shape index (κ3) is 19.2. The fourth-order valence-electron chi connectivity index (χ4n) is 4.66. The van der Waals surface area contributed by atoms with Crippen molar-refractivity contribution in [2.24, 2.45) is 0 Å². The number of benzene rings is 1. The van der Waals surface area contributed by atoms with Crippen LogP contribution in [0.4, 0.5) is 13.2 Å². The van der Waals surface area contributed by atoms with Crippen molar-refractivity contribution in [2.45, 2.75) is 154 Å². The van der Waals surface area contributed by atoms with Gasteiger partial charge in [-0.1, -0.05) is 128 Å². The first-order valence-corrected chi connectivity index (χ1v) is 15.2. The van der Waals surface area contributed by atoms with Gasteiger partial charge in [0, 0.05) is 17.9 Å². The molecule has 3 atom stereocenters. The summed E-state index contributed by atoms with van der Waals surface area (Å²) in [5.74, 6) is -3.27. The summed E-state index contributed by atoms with van der Waals surface area (Å²) >= 11 is 0. The van der Waals surface area contributed by atoms with E-state index in [-0.39, 0.29) is 12.0 Å². The lowest BCUT2D eigenvalue weighted by Gasteiger charge is -2.22. The second kappa shape index (κ2) is 22.7. The number of carboxylic acids is 1. The molecule has 0 aliphatic heterocycles. The molecule has 0 aliphatic rings. The van der Waals surface area contributed by atoms with Crippen molar-refractivity contribution in [1.82, 2.24) is 0 Å². The second-order valence-electron chi connectivity index (χ2n) is 10.9. The summed E-state index contributed by atoms with van der Waals surface area (Å²) in [7, 11) is 0. The van der Waals surface area contributed by atoms with Gasteiger partial charge in [-0.25, -0.2) is 0 Å². The van der Waals surface area contributed by atoms with Crippen LogP contribution in [0.2, 0.25) is 0 Å². The number of hydrogen-bond donors (Lipinski definition) is 3. The predicted octanol–water partition coefficient (Wildman–Crippen LogP) is 9.00. The molecular weight excluding hydrogens is 521 g/mol. The van der Waals surface area contributed by atoms with E-state index < -0.39 is 41.6 Å². The van der Waals surface area contributed by atoms with Crippen LogP contribution in [-0.2, 0) is 4.79 Å². The first kappa shape index (κ1) is 38.1. The van der Waals surface area contributed by atoms with Crippen molar-refractivity contribution in [1.29, 1.82) is 0 Å². The van der Waals surface area contributed by atoms with E-state index in [0.29, 0.717) is 6.42 Å². The average Bonchev–Trinajstić information content (AvgIpc) is 2.89. The lowest BCUT2D eigenvalue weighted by molar-refractivity contribution is -0.137. The highest BCUT2D eigenvalue weighted by molar-refractivity contribution is 6.01. The third-order valence-electron chi connectivity index (χ3n) is 7.11. The van der Waals surface area contributed by atoms with E-state index in [2.05, 4.69) is 6.92 Å². The van der Waals surface area contributed by atoms with Gasteiger partial charge in [-0.3, -0.25) is 9.59 Å². The molecule has 1 rings (SSSR count). The fraction of sp³-hybridized carbons (Fsp3) is 0.750. The summed E-state index contributed by atoms with van der Waals surface area (Å²) in [6, 6.07) is 5.33. The summed E-state index contributed by atoms with van der Waals surface area (Å²) in [6.07, 6.45) is 13.5. The van der Waals surface area contributed by atoms with Crippen molar-refractivity contribution in [3.63, 3.8) is 0 Å². The Bertz CT molecular complexity index is 795. The van der Waals surface area contributed by atoms with E-state index >= 15 is 0 Å². The van der Waals surface area contributed by atoms with Gasteiger partial charge in [-0.2, -0.15) is 13.2 Å². The zero-order valence-corrected chi connectivity index (χ0v) is 24.9. The van der Waals surface area contributed by atoms with E-state index in [1.807, 2.05) is 0 Å². The fourth-order valence-corrected chi connectivity index (χ4v) is 4.66. The maximum absolute atomic E-state index is 12.5. The largest absolute Gasteiger partial charge is 0.481 e. The van der Waals surface area contributed by atoms with Crippen molar-refractivity contribution in [3.8, 4) is 0 Å². The van der Waals surface area contributed by atoms with Gasteiger partial charge in [-0.15, -0.1) is 0 Å². The van der Waals surface area contributed by atoms with Crippen molar-refractivity contribution in [3.05, 3.63) is 35.4 Å². The first-order chi connectivity index (χ1) is 18.9. The molecule has 3 N–H and O–H groups in total. The van der Waals surface area contributed by atoms with Crippen LogP contribution in [0.15, 0.2) is 24.3 Å². The van der Waals surface area contributed by atoms with Gasteiger partial charge in [0.1, 0.15) is 0 Å². The molecule has 0 fully saturated rings. The maximum atomic E-state index is 12.5. The van der Waals surface area contributed by atoms with E-state index in [0.717, 1.165) is 18.9 Å². The van der Waals surface area contributed by atoms with Gasteiger partial charge >= 0.3 is 12.1 Å². The molecule has 0 saturated heterocycles. The molecule has 0 radical (unpaired) electrons. The summed E-state index contributed by atoms with van der Waals surface area (Å²) in [4.78, 5) is 21.7. The Morgan fingerprint density at radius 2 is 1.18 bits per heavy atom. The summed E-state index contributed by atoms with van der Waals surface area (Å²) in [5.41, 5.74) is -0.333. The third-order valence-corrected chi connectivity index (χ3v) is 7.11. The highest BCUT2D eigenvalue weighted by Gasteiger charge is 2.41. The minimum atomic E-state index is -4.95. The Labute approximate surface area is 239 Å². The van der Waals surface area contributed by atoms with E-state index in [9.17, 15) is 33.0 Å². The van der Waals surface area contributed by atoms with Gasteiger partial charge < -0.3 is 15.3 Å². The lowest BCUT2D eigenvalue weighted by atomic mass is 9.87. The number of carbonyl (C=O) groups excluding carboxylic acids is 1. The molecule has 0 bridgehead atoms. The van der Waals surface area contributed by atoms with Gasteiger partial charge in [0.05, 0.1) is 12.2 Å². The zero-order chi connectivity index (χ0) is 30.4. The normalized spacial score (nSPS) is 13.7. The molecule has 0 aliphatic carbocycles. The highest BCUT2D eigenvalue weighted by atomic mass is 19.4. The van der Waals surface area contributed by atoms with Crippen LogP contribution in [0.3, 0.4) is 0 Å². The van der Waals surface area contributed by atoms with Crippen molar-refractivity contribution >= 4 is 11.8 Å². The van der Waals surface area contributed by atoms with Gasteiger partial charge in [0.2, 0.25) is 0 Å². The number of aliphatic hydroxyl groups excluding tert-OH is 2. The van der Waals surface area contributed by atoms with Gasteiger partial charge in [0.25, 0.3) is 5.78 Å². The Morgan fingerprint density at radius 3 is 1.57 bits per heavy atom. The lowest BCUT2D eigenvalue weighted by Crippen LogP contribution is -2.27. The number of carboxylic acid groups (broad SMARTS) is 1. The van der Waals surface area contributed by atoms with Crippen LogP contribution >= 0.6 is 0 Å². The summed E-state index contributed by atoms with van der Waals surface area (Å²) in [5, 5.41) is 27.6. The van der Waals surface area contributed by atoms with Crippen LogP contribution < -0.4 is 0 Å². The number of Topliss-reactive ketones (excluding diaryl/α,β-unsaturated/α-hetero) is 1. The molecule has 232 valence electrons. The van der Waals surface area contributed by atoms with Crippen LogP contribution in [0.25, 0.3) is 0 Å². The first-order valence-electron chi connectivity index (χ1n) is 15.2. The quantitative estimate of drug-likeness (QED) is 0.101. The van der Waals surface area contributed by atoms with Crippen molar-refractivity contribution < 1.29 is 38.1 Å². The Kier molecular flexibility index (Phi) is 21.6. The van der Waals surface area contributed by atoms with Crippen LogP contribution in [0, 0.1) is 0 Å². The van der Waals surface area contributed by atoms with Crippen LogP contribution in [0.5, 0.6) is 0 Å². The maximum Gasteiger partial charge on any atom is 0.454 e. The molecule has 0 spiro atoms. The van der Waals surface area contributed by atoms with Crippen LogP contribution in [0.1, 0.15) is 152 Å². The van der Waals surface area contributed by atoms with E-state index in [1.165, 1.54) is 116 Å². The highest BCUT2D eigenvalue weighted by Crippen LogP contribution is 2.30. The monoisotopic (exact) mass is 574 g/mol. The number of rotatable bonds is 21. The average molecular weight is 575 g/mol. The number of hydrogen-bond acceptors (Lipinski definition) is 4. The molecule has 0 aromatic heterocycles. The molecule has 1 aromatic carbocycles. The standard InChI is InChI=1S/C18H36O2.C14H17F3O3/c1-2-3-4-5-6-7-8-9-10-11-12-13-14-15-16-17-18(19)20;1-8(18)7-12(19)9(2)10-5-3-4-6-11(10)13(20)14(15,16)17/h2-17H2,1H3,(H,19,20);3-6,8-9,12,18-19H,7H2,1-2H3. The Hall–Kier alpha value is -1.93. The van der Waals surface area contributed by atoms with Gasteiger partial charge in [0.15, 0.2) is 0 Å². The number of aliphatic carboxylic acids is 1. The molecule has 0 saturated carbocycles. The number of unbranched alkanes of at least 4 members (excludes halogenated alkanes) is 14. The molecule has 0 heterocycles. The smallest absolute Gasteiger partial charge is 0.454 e. The number of alkyl halides is 3. The summed E-state index contributed by atoms with van der Waals surface area (Å²) < 4.78 is 37.6. The minimum Gasteiger partial charge on any atom is -0.481 e. The topological polar surface area (TPSA) is 94.8 Å². The molecule has 0 amide bonds. The van der Waals surface area contributed by atoms with E-state index in [1.54, 1.807) is 0 Å². The molecule has 3 unspecified atom stereocenters. The Balaban J connectivity index is 0.000000760. The number of aliphatic hydroxyl groups is 2. The predicted molar refractivity (Wildman–Crippen MR) is 155 cm³/mol. The SMILES string of the molecule is CC(O)CC(O)C(C)c1ccccc1C(=O)C(F)(F)F.CCCCCCCCCCCCCCCCCC(=O)O. The number of carbonyl (C=O) groups is 2. The van der Waals surface area contributed by atoms with Crippen molar-refractivity contribution in [2.75, 3.05) is 0 Å². The summed E-state index contributed by atoms with van der Waals surface area (Å²) in [6.45, 7) is 5.27. The van der Waals surface area contributed by atoms with E-state index in [4.69, 9.17) is 5.11 Å². The Morgan fingerprint density at radius 1 is 0.750 bits per heavy atom. The minimum absolute atomic E-state index is 0.0235. The number of ketones is 1. The zero-order valence-electron chi connectivity index (χ0n) is 24.9. The molecule has 8 heteroatoms. The van der Waals surface area contributed by atoms with Crippen LogP contribution in [-0.4, -0.2) is 45.5 Å². The van der Waals surface area contributed by atoms with Gasteiger partial charge in [-0.05, 0) is 25.3 Å². The number of halogens is 3. The molecule has 1 aromatic rings. The second-order valence-corrected chi connectivity index (χ2v) is 10.9. The molecule has 5 nitrogen and oxygen atoms in total.